The molecule has 6 heteroatoms. The van der Waals surface area contributed by atoms with E-state index < -0.39 is 0 Å². The van der Waals surface area contributed by atoms with Gasteiger partial charge in [-0.25, -0.2) is 0 Å². The van der Waals surface area contributed by atoms with Crippen molar-refractivity contribution in [3.8, 4) is 17.2 Å². The largest absolute Gasteiger partial charge is 0.497 e. The number of carbonyl (C=O) groups is 1. The Hall–Kier alpha value is -2.73. The second kappa shape index (κ2) is 11.6. The zero-order valence-corrected chi connectivity index (χ0v) is 21.7. The molecule has 0 saturated carbocycles. The lowest BCUT2D eigenvalue weighted by molar-refractivity contribution is -0.136. The van der Waals surface area contributed by atoms with Crippen LogP contribution in [0.4, 0.5) is 0 Å². The molecule has 0 N–H and O–H groups in total. The van der Waals surface area contributed by atoms with E-state index in [2.05, 4.69) is 47.9 Å². The molecule has 1 fully saturated rings. The number of amides is 1. The van der Waals surface area contributed by atoms with Crippen LogP contribution in [0.5, 0.6) is 17.2 Å². The minimum atomic E-state index is -0.0196. The maximum atomic E-state index is 13.0. The van der Waals surface area contributed by atoms with Crippen molar-refractivity contribution in [3.05, 3.63) is 53.6 Å². The van der Waals surface area contributed by atoms with Gasteiger partial charge in [0.05, 0.1) is 21.3 Å². The molecular formula is C28H40N2O4. The Kier molecular flexibility index (Phi) is 8.84. The first kappa shape index (κ1) is 25.9. The molecular weight excluding hydrogens is 428 g/mol. The Labute approximate surface area is 204 Å². The number of rotatable bonds is 10. The van der Waals surface area contributed by atoms with E-state index in [9.17, 15) is 4.79 Å². The summed E-state index contributed by atoms with van der Waals surface area (Å²) < 4.78 is 16.7. The molecule has 2 aromatic carbocycles. The van der Waals surface area contributed by atoms with Gasteiger partial charge in [0.2, 0.25) is 5.91 Å². The third-order valence-corrected chi connectivity index (χ3v) is 6.70. The van der Waals surface area contributed by atoms with Crippen molar-refractivity contribution in [1.82, 2.24) is 9.80 Å². The molecule has 0 aliphatic carbocycles. The van der Waals surface area contributed by atoms with Crippen molar-refractivity contribution < 1.29 is 19.0 Å². The molecule has 186 valence electrons. The maximum Gasteiger partial charge on any atom is 0.225 e. The molecule has 0 radical (unpaired) electrons. The lowest BCUT2D eigenvalue weighted by Gasteiger charge is -2.33. The van der Waals surface area contributed by atoms with E-state index in [1.807, 2.05) is 32.0 Å². The maximum absolute atomic E-state index is 13.0. The Morgan fingerprint density at radius 3 is 2.18 bits per heavy atom. The summed E-state index contributed by atoms with van der Waals surface area (Å²) in [5.41, 5.74) is 2.36. The summed E-state index contributed by atoms with van der Waals surface area (Å²) in [6.07, 6.45) is 0. The van der Waals surface area contributed by atoms with Gasteiger partial charge in [-0.1, -0.05) is 32.0 Å². The van der Waals surface area contributed by atoms with Crippen LogP contribution in [0, 0.1) is 11.8 Å². The van der Waals surface area contributed by atoms with Gasteiger partial charge in [0.1, 0.15) is 17.2 Å². The molecule has 2 unspecified atom stereocenters. The summed E-state index contributed by atoms with van der Waals surface area (Å²) in [4.78, 5) is 17.5. The zero-order valence-electron chi connectivity index (χ0n) is 21.7. The topological polar surface area (TPSA) is 51.2 Å². The van der Waals surface area contributed by atoms with E-state index in [0.717, 1.165) is 49.0 Å². The smallest absolute Gasteiger partial charge is 0.225 e. The minimum absolute atomic E-state index is 0.0196. The highest BCUT2D eigenvalue weighted by Gasteiger charge is 2.37. The van der Waals surface area contributed by atoms with E-state index in [1.54, 1.807) is 21.3 Å². The lowest BCUT2D eigenvalue weighted by atomic mass is 9.87. The van der Waals surface area contributed by atoms with Gasteiger partial charge in [0.15, 0.2) is 0 Å². The van der Waals surface area contributed by atoms with Crippen molar-refractivity contribution in [2.45, 2.75) is 46.2 Å². The van der Waals surface area contributed by atoms with Crippen LogP contribution >= 0.6 is 0 Å². The van der Waals surface area contributed by atoms with Gasteiger partial charge in [-0.3, -0.25) is 9.69 Å². The molecule has 0 bridgehead atoms. The summed E-state index contributed by atoms with van der Waals surface area (Å²) in [5.74, 6) is 3.26. The first-order valence-corrected chi connectivity index (χ1v) is 12.1. The summed E-state index contributed by atoms with van der Waals surface area (Å²) >= 11 is 0. The predicted molar refractivity (Wildman–Crippen MR) is 136 cm³/mol. The first-order valence-electron chi connectivity index (χ1n) is 12.1. The number of benzene rings is 2. The standard InChI is InChI=1S/C28H40N2O4/c1-19(2)28(31)30(20(3)4)17-22-16-29(15-21-12-23(32-5)14-24(13-21)33-6)18-26(22)25-10-8-9-11-27(25)34-7/h8-14,19-20,22,26H,15-18H2,1-7H3. The Morgan fingerprint density at radius 1 is 0.971 bits per heavy atom. The highest BCUT2D eigenvalue weighted by atomic mass is 16.5. The summed E-state index contributed by atoms with van der Waals surface area (Å²) in [6.45, 7) is 11.5. The van der Waals surface area contributed by atoms with Gasteiger partial charge < -0.3 is 19.1 Å². The Bertz CT molecular complexity index is 937. The number of likely N-dealkylation sites (tertiary alicyclic amines) is 1. The third kappa shape index (κ3) is 6.03. The second-order valence-electron chi connectivity index (χ2n) is 9.76. The second-order valence-corrected chi connectivity index (χ2v) is 9.76. The van der Waals surface area contributed by atoms with Crippen LogP contribution in [-0.2, 0) is 11.3 Å². The molecule has 1 amide bonds. The zero-order chi connectivity index (χ0) is 24.8. The van der Waals surface area contributed by atoms with Gasteiger partial charge >= 0.3 is 0 Å². The van der Waals surface area contributed by atoms with Gasteiger partial charge in [-0.15, -0.1) is 0 Å². The molecule has 3 rings (SSSR count). The van der Waals surface area contributed by atoms with Crippen LogP contribution < -0.4 is 14.2 Å². The highest BCUT2D eigenvalue weighted by molar-refractivity contribution is 5.78. The van der Waals surface area contributed by atoms with Gasteiger partial charge in [0.25, 0.3) is 0 Å². The monoisotopic (exact) mass is 468 g/mol. The van der Waals surface area contributed by atoms with E-state index >= 15 is 0 Å². The van der Waals surface area contributed by atoms with Crippen LogP contribution in [0.15, 0.2) is 42.5 Å². The SMILES string of the molecule is COc1cc(CN2CC(CN(C(=O)C(C)C)C(C)C)C(c3ccccc3OC)C2)cc(OC)c1. The number of methoxy groups -OCH3 is 3. The molecule has 2 atom stereocenters. The molecule has 2 aromatic rings. The minimum Gasteiger partial charge on any atom is -0.497 e. The molecule has 1 aliphatic heterocycles. The fourth-order valence-electron chi connectivity index (χ4n) is 4.96. The van der Waals surface area contributed by atoms with Crippen molar-refractivity contribution in [2.24, 2.45) is 11.8 Å². The van der Waals surface area contributed by atoms with Crippen molar-refractivity contribution in [3.63, 3.8) is 0 Å². The van der Waals surface area contributed by atoms with Crippen LogP contribution in [-0.4, -0.2) is 62.7 Å². The number of hydrogen-bond donors (Lipinski definition) is 0. The molecule has 0 spiro atoms. The predicted octanol–water partition coefficient (Wildman–Crippen LogP) is 4.82. The first-order chi connectivity index (χ1) is 16.3. The summed E-state index contributed by atoms with van der Waals surface area (Å²) in [5, 5.41) is 0. The fraction of sp³-hybridized carbons (Fsp3) is 0.536. The number of ether oxygens (including phenoxy) is 3. The van der Waals surface area contributed by atoms with Crippen molar-refractivity contribution in [2.75, 3.05) is 41.0 Å². The van der Waals surface area contributed by atoms with Gasteiger partial charge in [-0.05, 0) is 49.1 Å². The number of hydrogen-bond acceptors (Lipinski definition) is 5. The Balaban J connectivity index is 1.90. The molecule has 1 heterocycles. The van der Waals surface area contributed by atoms with E-state index in [4.69, 9.17) is 14.2 Å². The average molecular weight is 469 g/mol. The third-order valence-electron chi connectivity index (χ3n) is 6.70. The van der Waals surface area contributed by atoms with Crippen LogP contribution in [0.3, 0.4) is 0 Å². The van der Waals surface area contributed by atoms with Crippen molar-refractivity contribution in [1.29, 1.82) is 0 Å². The van der Waals surface area contributed by atoms with E-state index in [0.29, 0.717) is 5.92 Å². The van der Waals surface area contributed by atoms with Crippen LogP contribution in [0.1, 0.15) is 44.7 Å². The van der Waals surface area contributed by atoms with Crippen molar-refractivity contribution >= 4 is 5.91 Å². The molecule has 1 saturated heterocycles. The van der Waals surface area contributed by atoms with E-state index in [-0.39, 0.29) is 23.8 Å². The van der Waals surface area contributed by atoms with Gasteiger partial charge in [-0.2, -0.15) is 0 Å². The number of nitrogens with zero attached hydrogens (tertiary/aromatic N) is 2. The molecule has 6 nitrogen and oxygen atoms in total. The average Bonchev–Trinajstić information content (AvgIpc) is 3.23. The van der Waals surface area contributed by atoms with E-state index in [1.165, 1.54) is 5.56 Å². The fourth-order valence-corrected chi connectivity index (χ4v) is 4.96. The van der Waals surface area contributed by atoms with Crippen LogP contribution in [0.2, 0.25) is 0 Å². The summed E-state index contributed by atoms with van der Waals surface area (Å²) in [7, 11) is 5.08. The number of para-hydroxylation sites is 1. The van der Waals surface area contributed by atoms with Crippen LogP contribution in [0.25, 0.3) is 0 Å². The summed E-state index contributed by atoms with van der Waals surface area (Å²) in [6, 6.07) is 14.5. The molecule has 1 aliphatic rings. The molecule has 34 heavy (non-hydrogen) atoms. The quantitative estimate of drug-likeness (QED) is 0.500. The normalized spacial score (nSPS) is 18.4. The van der Waals surface area contributed by atoms with Gasteiger partial charge in [0, 0.05) is 50.1 Å². The Morgan fingerprint density at radius 2 is 1.62 bits per heavy atom. The highest BCUT2D eigenvalue weighted by Crippen LogP contribution is 2.39. The number of carbonyl (C=O) groups excluding carboxylic acids is 1. The molecule has 0 aromatic heterocycles. The lowest BCUT2D eigenvalue weighted by Crippen LogP contribution is -2.43.